The number of carbonyl (C=O) groups is 1. The van der Waals surface area contributed by atoms with Gasteiger partial charge in [0.2, 0.25) is 0 Å². The van der Waals surface area contributed by atoms with Crippen molar-refractivity contribution in [2.24, 2.45) is 0 Å². The Hall–Kier alpha value is -0.870. The van der Waals surface area contributed by atoms with Crippen molar-refractivity contribution in [2.75, 3.05) is 20.6 Å². The number of unbranched alkanes of at least 4 members (excludes halogenated alkanes) is 2. The number of aliphatic carboxylic acids is 1. The molecule has 2 atom stereocenters. The average molecular weight is 258 g/mol. The first kappa shape index (κ1) is 17.1. The molecule has 2 N–H and O–H groups in total. The van der Waals surface area contributed by atoms with Crippen molar-refractivity contribution < 1.29 is 19.5 Å². The van der Waals surface area contributed by atoms with Crippen molar-refractivity contribution in [3.63, 3.8) is 0 Å². The highest BCUT2D eigenvalue weighted by Gasteiger charge is 2.34. The van der Waals surface area contributed by atoms with Crippen LogP contribution >= 0.6 is 0 Å². The predicted molar refractivity (Wildman–Crippen MR) is 73.4 cm³/mol. The van der Waals surface area contributed by atoms with Crippen LogP contribution in [0.25, 0.3) is 0 Å². The van der Waals surface area contributed by atoms with E-state index in [1.54, 1.807) is 6.08 Å². The number of hydrogen-bond acceptors (Lipinski definition) is 2. The molecule has 0 aromatic carbocycles. The van der Waals surface area contributed by atoms with Gasteiger partial charge in [-0.05, 0) is 6.42 Å². The lowest BCUT2D eigenvalue weighted by molar-refractivity contribution is -0.908. The van der Waals surface area contributed by atoms with E-state index in [9.17, 15) is 9.90 Å². The highest BCUT2D eigenvalue weighted by atomic mass is 16.4. The van der Waals surface area contributed by atoms with Gasteiger partial charge < -0.3 is 14.7 Å². The minimum Gasteiger partial charge on any atom is -0.477 e. The van der Waals surface area contributed by atoms with E-state index < -0.39 is 18.1 Å². The Morgan fingerprint density at radius 1 is 1.33 bits per heavy atom. The number of aliphatic hydroxyl groups is 1. The van der Waals surface area contributed by atoms with E-state index in [1.165, 1.54) is 0 Å². The molecule has 0 radical (unpaired) electrons. The fourth-order valence-corrected chi connectivity index (χ4v) is 2.21. The number of aliphatic hydroxyl groups excluding tert-OH is 1. The van der Waals surface area contributed by atoms with Crippen LogP contribution in [0.3, 0.4) is 0 Å². The summed E-state index contributed by atoms with van der Waals surface area (Å²) in [6, 6.07) is -0.469. The number of carboxylic acid groups (broad SMARTS) is 1. The molecule has 0 aromatic heterocycles. The number of allylic oxidation sites excluding steroid dienone is 1. The first-order chi connectivity index (χ1) is 8.35. The van der Waals surface area contributed by atoms with Crippen molar-refractivity contribution in [1.82, 2.24) is 0 Å². The maximum atomic E-state index is 11.1. The molecule has 0 spiro atoms. The van der Waals surface area contributed by atoms with Crippen molar-refractivity contribution in [3.05, 3.63) is 12.2 Å². The normalized spacial score (nSPS) is 15.8. The zero-order valence-corrected chi connectivity index (χ0v) is 12.1. The zero-order valence-electron chi connectivity index (χ0n) is 12.1. The number of quaternary nitrogens is 1. The van der Waals surface area contributed by atoms with E-state index >= 15 is 0 Å². The summed E-state index contributed by atoms with van der Waals surface area (Å²) >= 11 is 0. The monoisotopic (exact) mass is 258 g/mol. The molecule has 0 saturated carbocycles. The summed E-state index contributed by atoms with van der Waals surface area (Å²) in [4.78, 5) is 11.1. The molecular weight excluding hydrogens is 230 g/mol. The fraction of sp³-hybridized carbons (Fsp3) is 0.786. The summed E-state index contributed by atoms with van der Waals surface area (Å²) < 4.78 is 0.297. The molecule has 4 heteroatoms. The molecule has 0 bridgehead atoms. The lowest BCUT2D eigenvalue weighted by Gasteiger charge is -2.36. The Morgan fingerprint density at radius 2 is 1.94 bits per heavy atom. The lowest BCUT2D eigenvalue weighted by Crippen LogP contribution is -2.55. The summed E-state index contributed by atoms with van der Waals surface area (Å²) in [7, 11) is 3.71. The Labute approximate surface area is 111 Å². The topological polar surface area (TPSA) is 57.5 Å². The summed E-state index contributed by atoms with van der Waals surface area (Å²) in [5.41, 5.74) is 0. The molecule has 0 amide bonds. The van der Waals surface area contributed by atoms with Gasteiger partial charge in [0.25, 0.3) is 0 Å². The second-order valence-electron chi connectivity index (χ2n) is 5.36. The van der Waals surface area contributed by atoms with Gasteiger partial charge in [-0.25, -0.2) is 4.79 Å². The standard InChI is InChI=1S/C14H27NO3/c1-5-7-8-9-10-12(16)11-15(3,4)13(6-2)14(17)18/h9-10,12-13,16H,5-8,11H2,1-4H3/p+1/b10-9+. The van der Waals surface area contributed by atoms with Crippen LogP contribution in [0.4, 0.5) is 0 Å². The predicted octanol–water partition coefficient (Wildman–Crippen LogP) is 2.03. The van der Waals surface area contributed by atoms with Crippen molar-refractivity contribution in [2.45, 2.75) is 51.7 Å². The van der Waals surface area contributed by atoms with Gasteiger partial charge in [0.15, 0.2) is 6.04 Å². The van der Waals surface area contributed by atoms with E-state index in [4.69, 9.17) is 5.11 Å². The maximum absolute atomic E-state index is 11.1. The van der Waals surface area contributed by atoms with Gasteiger partial charge in [-0.15, -0.1) is 0 Å². The largest absolute Gasteiger partial charge is 0.477 e. The third-order valence-corrected chi connectivity index (χ3v) is 3.26. The van der Waals surface area contributed by atoms with Crippen LogP contribution in [-0.4, -0.2) is 53.5 Å². The summed E-state index contributed by atoms with van der Waals surface area (Å²) in [5.74, 6) is -0.801. The molecule has 0 saturated heterocycles. The summed E-state index contributed by atoms with van der Waals surface area (Å²) in [6.07, 6.45) is 6.98. The highest BCUT2D eigenvalue weighted by molar-refractivity contribution is 5.72. The molecule has 0 aliphatic rings. The van der Waals surface area contributed by atoms with Crippen LogP contribution in [-0.2, 0) is 4.79 Å². The van der Waals surface area contributed by atoms with E-state index in [0.29, 0.717) is 17.4 Å². The molecule has 0 heterocycles. The maximum Gasteiger partial charge on any atom is 0.362 e. The Bertz CT molecular complexity index is 274. The molecule has 4 nitrogen and oxygen atoms in total. The highest BCUT2D eigenvalue weighted by Crippen LogP contribution is 2.13. The number of likely N-dealkylation sites (N-methyl/N-ethyl adjacent to an activating group) is 1. The fourth-order valence-electron chi connectivity index (χ4n) is 2.21. The minimum absolute atomic E-state index is 0.297. The molecule has 0 rings (SSSR count). The second-order valence-corrected chi connectivity index (χ2v) is 5.36. The number of carboxylic acids is 1. The van der Waals surface area contributed by atoms with Crippen LogP contribution in [0, 0.1) is 0 Å². The molecule has 18 heavy (non-hydrogen) atoms. The summed E-state index contributed by atoms with van der Waals surface area (Å²) in [6.45, 7) is 4.42. The van der Waals surface area contributed by atoms with Gasteiger partial charge in [0.05, 0.1) is 14.1 Å². The Balaban J connectivity index is 4.37. The van der Waals surface area contributed by atoms with Crippen LogP contribution in [0.5, 0.6) is 0 Å². The van der Waals surface area contributed by atoms with Gasteiger partial charge in [-0.1, -0.05) is 38.8 Å². The molecule has 0 aromatic rings. The number of rotatable bonds is 9. The SMILES string of the molecule is CCCC/C=C/C(O)C[N+](C)(C)C(CC)C(=O)O. The number of nitrogens with zero attached hydrogens (tertiary/aromatic N) is 1. The van der Waals surface area contributed by atoms with Crippen molar-refractivity contribution in [1.29, 1.82) is 0 Å². The van der Waals surface area contributed by atoms with Crippen LogP contribution in [0.15, 0.2) is 12.2 Å². The van der Waals surface area contributed by atoms with E-state index in [1.807, 2.05) is 27.1 Å². The third kappa shape index (κ3) is 6.17. The quantitative estimate of drug-likeness (QED) is 0.378. The van der Waals surface area contributed by atoms with Gasteiger partial charge in [-0.2, -0.15) is 0 Å². The smallest absolute Gasteiger partial charge is 0.362 e. The molecule has 0 fully saturated rings. The first-order valence-electron chi connectivity index (χ1n) is 6.75. The Kier molecular flexibility index (Phi) is 7.87. The van der Waals surface area contributed by atoms with Crippen LogP contribution in [0.2, 0.25) is 0 Å². The molecule has 106 valence electrons. The molecular formula is C14H28NO3+. The zero-order chi connectivity index (χ0) is 14.2. The minimum atomic E-state index is -0.801. The summed E-state index contributed by atoms with van der Waals surface area (Å²) in [5, 5.41) is 19.1. The van der Waals surface area contributed by atoms with Gasteiger partial charge >= 0.3 is 5.97 Å². The van der Waals surface area contributed by atoms with Gasteiger partial charge in [0, 0.05) is 6.42 Å². The first-order valence-corrected chi connectivity index (χ1v) is 6.75. The van der Waals surface area contributed by atoms with Crippen LogP contribution in [0.1, 0.15) is 39.5 Å². The van der Waals surface area contributed by atoms with Crippen molar-refractivity contribution >= 4 is 5.97 Å². The molecule has 2 unspecified atom stereocenters. The van der Waals surface area contributed by atoms with Gasteiger partial charge in [-0.3, -0.25) is 0 Å². The molecule has 0 aliphatic heterocycles. The third-order valence-electron chi connectivity index (χ3n) is 3.26. The second kappa shape index (κ2) is 8.27. The number of hydrogen-bond donors (Lipinski definition) is 2. The average Bonchev–Trinajstić information content (AvgIpc) is 2.23. The Morgan fingerprint density at radius 3 is 2.39 bits per heavy atom. The van der Waals surface area contributed by atoms with Gasteiger partial charge in [0.1, 0.15) is 12.6 Å². The van der Waals surface area contributed by atoms with E-state index in [0.717, 1.165) is 19.3 Å². The van der Waals surface area contributed by atoms with Crippen molar-refractivity contribution in [3.8, 4) is 0 Å². The molecule has 0 aliphatic carbocycles. The lowest BCUT2D eigenvalue weighted by atomic mass is 10.1. The van der Waals surface area contributed by atoms with Crippen LogP contribution < -0.4 is 0 Å². The van der Waals surface area contributed by atoms with E-state index in [-0.39, 0.29) is 0 Å². The van der Waals surface area contributed by atoms with E-state index in [2.05, 4.69) is 6.92 Å².